The van der Waals surface area contributed by atoms with Crippen molar-refractivity contribution in [2.24, 2.45) is 0 Å². The minimum absolute atomic E-state index is 0.00381. The van der Waals surface area contributed by atoms with Gasteiger partial charge in [0.1, 0.15) is 17.9 Å². The fourth-order valence-corrected chi connectivity index (χ4v) is 3.65. The Hall–Kier alpha value is -2.72. The van der Waals surface area contributed by atoms with Crippen molar-refractivity contribution >= 4 is 28.3 Å². The number of methoxy groups -OCH3 is 1. The topological polar surface area (TPSA) is 110 Å². The lowest BCUT2D eigenvalue weighted by Crippen LogP contribution is -2.14. The van der Waals surface area contributed by atoms with Gasteiger partial charge in [-0.3, -0.25) is 14.8 Å². The number of hydrogen-bond acceptors (Lipinski definition) is 7. The number of fused-ring (bicyclic) bond motifs is 1. The summed E-state index contributed by atoms with van der Waals surface area (Å²) in [7, 11) is 1.63. The van der Waals surface area contributed by atoms with Crippen molar-refractivity contribution in [3.8, 4) is 5.88 Å². The van der Waals surface area contributed by atoms with E-state index in [0.717, 1.165) is 17.4 Å². The van der Waals surface area contributed by atoms with Gasteiger partial charge in [-0.1, -0.05) is 6.92 Å². The Morgan fingerprint density at radius 3 is 2.77 bits per heavy atom. The molecular formula is C19H25ClN6O4. The van der Waals surface area contributed by atoms with Gasteiger partial charge in [0.25, 0.3) is 0 Å². The molecule has 3 heterocycles. The first-order valence-corrected chi connectivity index (χ1v) is 10.1. The van der Waals surface area contributed by atoms with E-state index >= 15 is 0 Å². The zero-order valence-corrected chi connectivity index (χ0v) is 18.2. The Morgan fingerprint density at radius 1 is 1.33 bits per heavy atom. The lowest BCUT2D eigenvalue weighted by molar-refractivity contribution is -0.386. The average molecular weight is 437 g/mol. The molecule has 162 valence electrons. The summed E-state index contributed by atoms with van der Waals surface area (Å²) in [6.45, 7) is 6.83. The summed E-state index contributed by atoms with van der Waals surface area (Å²) in [5.74, 6) is 0.0224. The highest BCUT2D eigenvalue weighted by Gasteiger charge is 2.29. The third kappa shape index (κ3) is 4.39. The molecule has 3 aromatic heterocycles. The van der Waals surface area contributed by atoms with E-state index < -0.39 is 4.92 Å². The van der Waals surface area contributed by atoms with Crippen molar-refractivity contribution in [3.63, 3.8) is 0 Å². The van der Waals surface area contributed by atoms with E-state index in [1.54, 1.807) is 24.9 Å². The van der Waals surface area contributed by atoms with Crippen molar-refractivity contribution in [1.29, 1.82) is 0 Å². The number of halogens is 1. The Kier molecular flexibility index (Phi) is 6.88. The standard InChI is InChI=1S/C19H25ClN6O4/c1-5-14(6-8-29-4)25-13(3)16(26(27)28)18(23-25)30-9-7-24-11-12(2)15-10-21-19(20)22-17(15)24/h10-11,14H,5-9H2,1-4H3. The van der Waals surface area contributed by atoms with Gasteiger partial charge in [0.2, 0.25) is 5.28 Å². The number of ether oxygens (including phenoxy) is 2. The largest absolute Gasteiger partial charge is 0.470 e. The molecule has 3 aromatic rings. The molecule has 0 aromatic carbocycles. The van der Waals surface area contributed by atoms with Crippen LogP contribution in [0.25, 0.3) is 11.0 Å². The normalized spacial score (nSPS) is 12.4. The van der Waals surface area contributed by atoms with E-state index in [9.17, 15) is 10.1 Å². The van der Waals surface area contributed by atoms with Crippen LogP contribution in [0.2, 0.25) is 5.28 Å². The number of aryl methyl sites for hydroxylation is 1. The Morgan fingerprint density at radius 2 is 2.10 bits per heavy atom. The van der Waals surface area contributed by atoms with E-state index in [2.05, 4.69) is 15.1 Å². The van der Waals surface area contributed by atoms with E-state index in [1.807, 2.05) is 24.6 Å². The molecule has 0 saturated heterocycles. The van der Waals surface area contributed by atoms with Crippen LogP contribution in [0.1, 0.15) is 37.1 Å². The maximum absolute atomic E-state index is 11.6. The van der Waals surface area contributed by atoms with E-state index in [1.165, 1.54) is 0 Å². The quantitative estimate of drug-likeness (QED) is 0.269. The van der Waals surface area contributed by atoms with Crippen LogP contribution in [0.5, 0.6) is 5.88 Å². The van der Waals surface area contributed by atoms with Gasteiger partial charge in [-0.15, -0.1) is 5.10 Å². The summed E-state index contributed by atoms with van der Waals surface area (Å²) >= 11 is 5.92. The fourth-order valence-electron chi connectivity index (χ4n) is 3.52. The molecule has 0 saturated carbocycles. The minimum atomic E-state index is -0.445. The fraction of sp³-hybridized carbons (Fsp3) is 0.526. The highest BCUT2D eigenvalue weighted by Crippen LogP contribution is 2.33. The molecule has 0 aliphatic rings. The monoisotopic (exact) mass is 436 g/mol. The number of nitro groups is 1. The SMILES string of the molecule is CCC(CCOC)n1nc(OCCn2cc(C)c3cnc(Cl)nc32)c([N+](=O)[O-])c1C. The van der Waals surface area contributed by atoms with Crippen LogP contribution in [0.15, 0.2) is 12.4 Å². The van der Waals surface area contributed by atoms with Crippen molar-refractivity contribution in [1.82, 2.24) is 24.3 Å². The molecule has 10 nitrogen and oxygen atoms in total. The van der Waals surface area contributed by atoms with Crippen LogP contribution in [-0.4, -0.2) is 49.6 Å². The van der Waals surface area contributed by atoms with Gasteiger partial charge in [-0.2, -0.15) is 4.98 Å². The van der Waals surface area contributed by atoms with Crippen LogP contribution in [0.4, 0.5) is 5.69 Å². The summed E-state index contributed by atoms with van der Waals surface area (Å²) in [6.07, 6.45) is 5.09. The molecule has 0 radical (unpaired) electrons. The molecule has 0 spiro atoms. The molecule has 0 fully saturated rings. The number of hydrogen-bond donors (Lipinski definition) is 0. The third-order valence-electron chi connectivity index (χ3n) is 5.10. The zero-order chi connectivity index (χ0) is 21.8. The summed E-state index contributed by atoms with van der Waals surface area (Å²) in [5.41, 5.74) is 2.07. The van der Waals surface area contributed by atoms with Crippen molar-refractivity contribution in [2.75, 3.05) is 20.3 Å². The van der Waals surface area contributed by atoms with E-state index in [0.29, 0.717) is 30.9 Å². The van der Waals surface area contributed by atoms with Crippen molar-refractivity contribution in [2.45, 2.75) is 46.2 Å². The molecule has 0 aliphatic heterocycles. The first-order valence-electron chi connectivity index (χ1n) is 9.70. The lowest BCUT2D eigenvalue weighted by atomic mass is 10.1. The van der Waals surface area contributed by atoms with Gasteiger partial charge >= 0.3 is 11.6 Å². The molecular weight excluding hydrogens is 412 g/mol. The summed E-state index contributed by atoms with van der Waals surface area (Å²) in [5, 5.41) is 17.1. The van der Waals surface area contributed by atoms with Gasteiger partial charge in [0, 0.05) is 31.5 Å². The molecule has 0 bridgehead atoms. The van der Waals surface area contributed by atoms with Gasteiger partial charge in [-0.25, -0.2) is 4.98 Å². The van der Waals surface area contributed by atoms with Crippen LogP contribution in [-0.2, 0) is 11.3 Å². The molecule has 0 aliphatic carbocycles. The first kappa shape index (κ1) is 22.0. The highest BCUT2D eigenvalue weighted by molar-refractivity contribution is 6.28. The first-order chi connectivity index (χ1) is 14.4. The van der Waals surface area contributed by atoms with E-state index in [4.69, 9.17) is 21.1 Å². The smallest absolute Gasteiger partial charge is 0.352 e. The predicted octanol–water partition coefficient (Wildman–Crippen LogP) is 3.87. The van der Waals surface area contributed by atoms with Gasteiger partial charge in [0.05, 0.1) is 17.5 Å². The Balaban J connectivity index is 1.80. The number of nitrogens with zero attached hydrogens (tertiary/aromatic N) is 6. The second-order valence-corrected chi connectivity index (χ2v) is 7.35. The molecule has 30 heavy (non-hydrogen) atoms. The number of rotatable bonds is 10. The van der Waals surface area contributed by atoms with Crippen molar-refractivity contribution in [3.05, 3.63) is 39.0 Å². The van der Waals surface area contributed by atoms with Crippen LogP contribution in [0.3, 0.4) is 0 Å². The maximum Gasteiger partial charge on any atom is 0.352 e. The highest BCUT2D eigenvalue weighted by atomic mass is 35.5. The molecule has 0 N–H and O–H groups in total. The molecule has 0 amide bonds. The number of aromatic nitrogens is 5. The Labute approximate surface area is 178 Å². The van der Waals surface area contributed by atoms with Gasteiger partial charge in [0.15, 0.2) is 0 Å². The van der Waals surface area contributed by atoms with Crippen LogP contribution < -0.4 is 4.74 Å². The summed E-state index contributed by atoms with van der Waals surface area (Å²) in [6, 6.07) is -0.00381. The summed E-state index contributed by atoms with van der Waals surface area (Å²) in [4.78, 5) is 19.5. The molecule has 1 atom stereocenters. The van der Waals surface area contributed by atoms with Crippen LogP contribution >= 0.6 is 11.6 Å². The lowest BCUT2D eigenvalue weighted by Gasteiger charge is -2.16. The second kappa shape index (κ2) is 9.40. The summed E-state index contributed by atoms with van der Waals surface area (Å²) < 4.78 is 14.5. The zero-order valence-electron chi connectivity index (χ0n) is 17.5. The third-order valence-corrected chi connectivity index (χ3v) is 5.28. The van der Waals surface area contributed by atoms with E-state index in [-0.39, 0.29) is 29.5 Å². The van der Waals surface area contributed by atoms with Crippen LogP contribution in [0, 0.1) is 24.0 Å². The maximum atomic E-state index is 11.6. The Bertz CT molecular complexity index is 1050. The molecule has 3 rings (SSSR count). The minimum Gasteiger partial charge on any atom is -0.470 e. The van der Waals surface area contributed by atoms with Gasteiger partial charge in [-0.05, 0) is 43.9 Å². The second-order valence-electron chi connectivity index (χ2n) is 7.01. The van der Waals surface area contributed by atoms with Gasteiger partial charge < -0.3 is 14.0 Å². The predicted molar refractivity (Wildman–Crippen MR) is 112 cm³/mol. The average Bonchev–Trinajstić information content (AvgIpc) is 3.19. The molecule has 1 unspecified atom stereocenters. The van der Waals surface area contributed by atoms with Crippen molar-refractivity contribution < 1.29 is 14.4 Å². The molecule has 11 heteroatoms.